The van der Waals surface area contributed by atoms with Gasteiger partial charge in [0, 0.05) is 11.6 Å². The molecule has 0 radical (unpaired) electrons. The van der Waals surface area contributed by atoms with Crippen LogP contribution in [0.15, 0.2) is 30.6 Å². The molecule has 0 atom stereocenters. The second-order valence-corrected chi connectivity index (χ2v) is 4.39. The van der Waals surface area contributed by atoms with Gasteiger partial charge in [-0.05, 0) is 38.4 Å². The summed E-state index contributed by atoms with van der Waals surface area (Å²) in [4.78, 5) is 0. The summed E-state index contributed by atoms with van der Waals surface area (Å²) in [6.45, 7) is 4.91. The van der Waals surface area contributed by atoms with Crippen molar-refractivity contribution in [3.8, 4) is 11.4 Å². The molecule has 0 aliphatic rings. The fraction of sp³-hybridized carbons (Fsp3) is 0.385. The highest BCUT2D eigenvalue weighted by Crippen LogP contribution is 2.21. The van der Waals surface area contributed by atoms with Gasteiger partial charge in [0.2, 0.25) is 0 Å². The highest BCUT2D eigenvalue weighted by molar-refractivity contribution is 5.56. The number of hydrogen-bond acceptors (Lipinski definition) is 3. The second-order valence-electron chi connectivity index (χ2n) is 4.39. The van der Waals surface area contributed by atoms with Crippen molar-refractivity contribution in [3.05, 3.63) is 36.2 Å². The van der Waals surface area contributed by atoms with Gasteiger partial charge in [-0.1, -0.05) is 18.2 Å². The van der Waals surface area contributed by atoms with Crippen LogP contribution in [0.25, 0.3) is 11.4 Å². The molecule has 2 aromatic rings. The van der Waals surface area contributed by atoms with Crippen LogP contribution >= 0.6 is 0 Å². The molecule has 90 valence electrons. The summed E-state index contributed by atoms with van der Waals surface area (Å²) in [5.74, 6) is 0.916. The number of hydrogen-bond donors (Lipinski definition) is 1. The summed E-state index contributed by atoms with van der Waals surface area (Å²) in [6.07, 6.45) is 2.67. The molecule has 17 heavy (non-hydrogen) atoms. The highest BCUT2D eigenvalue weighted by Gasteiger charge is 2.09. The minimum Gasteiger partial charge on any atom is -0.330 e. The van der Waals surface area contributed by atoms with Crippen molar-refractivity contribution >= 4 is 0 Å². The van der Waals surface area contributed by atoms with E-state index in [1.807, 2.05) is 6.07 Å². The Morgan fingerprint density at radius 2 is 2.18 bits per heavy atom. The first-order chi connectivity index (χ1) is 8.22. The third-order valence-electron chi connectivity index (χ3n) is 2.75. The van der Waals surface area contributed by atoms with Crippen LogP contribution in [-0.4, -0.2) is 21.3 Å². The molecule has 0 saturated carbocycles. The molecule has 0 unspecified atom stereocenters. The first-order valence-corrected chi connectivity index (χ1v) is 5.91. The fourth-order valence-electron chi connectivity index (χ4n) is 1.86. The van der Waals surface area contributed by atoms with E-state index in [9.17, 15) is 0 Å². The predicted molar refractivity (Wildman–Crippen MR) is 68.6 cm³/mol. The molecule has 4 nitrogen and oxygen atoms in total. The maximum atomic E-state index is 5.57. The SMILES string of the molecule is CC(C)n1cnnc1-c1cccc(CCN)c1. The van der Waals surface area contributed by atoms with Gasteiger partial charge in [0.05, 0.1) is 0 Å². The zero-order valence-corrected chi connectivity index (χ0v) is 10.3. The summed E-state index contributed by atoms with van der Waals surface area (Å²) in [5, 5.41) is 8.17. The van der Waals surface area contributed by atoms with Crippen LogP contribution in [0.3, 0.4) is 0 Å². The third-order valence-corrected chi connectivity index (χ3v) is 2.75. The summed E-state index contributed by atoms with van der Waals surface area (Å²) >= 11 is 0. The quantitative estimate of drug-likeness (QED) is 0.874. The minimum absolute atomic E-state index is 0.359. The normalized spacial score (nSPS) is 11.1. The van der Waals surface area contributed by atoms with Gasteiger partial charge in [0.25, 0.3) is 0 Å². The lowest BCUT2D eigenvalue weighted by atomic mass is 10.1. The average molecular weight is 230 g/mol. The first-order valence-electron chi connectivity index (χ1n) is 5.91. The van der Waals surface area contributed by atoms with E-state index in [-0.39, 0.29) is 0 Å². The number of benzene rings is 1. The molecule has 2 N–H and O–H groups in total. The molecule has 0 saturated heterocycles. The fourth-order valence-corrected chi connectivity index (χ4v) is 1.86. The summed E-state index contributed by atoms with van der Waals surface area (Å²) in [6, 6.07) is 8.68. The van der Waals surface area contributed by atoms with E-state index in [4.69, 9.17) is 5.73 Å². The van der Waals surface area contributed by atoms with E-state index in [0.717, 1.165) is 17.8 Å². The van der Waals surface area contributed by atoms with Gasteiger partial charge >= 0.3 is 0 Å². The molecule has 0 aliphatic heterocycles. The lowest BCUT2D eigenvalue weighted by Gasteiger charge is -2.10. The van der Waals surface area contributed by atoms with Crippen molar-refractivity contribution in [2.24, 2.45) is 5.73 Å². The number of rotatable bonds is 4. The lowest BCUT2D eigenvalue weighted by molar-refractivity contribution is 0.604. The van der Waals surface area contributed by atoms with Crippen molar-refractivity contribution in [2.45, 2.75) is 26.3 Å². The molecule has 0 fully saturated rings. The zero-order valence-electron chi connectivity index (χ0n) is 10.3. The Labute approximate surface area is 101 Å². The van der Waals surface area contributed by atoms with Crippen LogP contribution in [-0.2, 0) is 6.42 Å². The Balaban J connectivity index is 2.38. The highest BCUT2D eigenvalue weighted by atomic mass is 15.3. The van der Waals surface area contributed by atoms with Gasteiger partial charge in [0.1, 0.15) is 6.33 Å². The minimum atomic E-state index is 0.359. The van der Waals surface area contributed by atoms with Crippen LogP contribution in [0.2, 0.25) is 0 Å². The monoisotopic (exact) mass is 230 g/mol. The number of aromatic nitrogens is 3. The molecule has 1 aromatic carbocycles. The van der Waals surface area contributed by atoms with Crippen molar-refractivity contribution < 1.29 is 0 Å². The van der Waals surface area contributed by atoms with E-state index in [1.165, 1.54) is 5.56 Å². The third kappa shape index (κ3) is 2.53. The van der Waals surface area contributed by atoms with Crippen LogP contribution < -0.4 is 5.73 Å². The van der Waals surface area contributed by atoms with Crippen molar-refractivity contribution in [2.75, 3.05) is 6.54 Å². The topological polar surface area (TPSA) is 56.7 Å². The van der Waals surface area contributed by atoms with Crippen molar-refractivity contribution in [3.63, 3.8) is 0 Å². The number of nitrogens with two attached hydrogens (primary N) is 1. The predicted octanol–water partition coefficient (Wildman–Crippen LogP) is 2.03. The summed E-state index contributed by atoms with van der Waals surface area (Å²) in [5.41, 5.74) is 7.91. The van der Waals surface area contributed by atoms with E-state index in [0.29, 0.717) is 12.6 Å². The van der Waals surface area contributed by atoms with Gasteiger partial charge in [-0.3, -0.25) is 0 Å². The largest absolute Gasteiger partial charge is 0.330 e. The van der Waals surface area contributed by atoms with E-state index >= 15 is 0 Å². The van der Waals surface area contributed by atoms with Gasteiger partial charge in [-0.15, -0.1) is 10.2 Å². The van der Waals surface area contributed by atoms with Gasteiger partial charge in [0.15, 0.2) is 5.82 Å². The first kappa shape index (κ1) is 11.8. The molecule has 0 aliphatic carbocycles. The molecule has 0 spiro atoms. The second kappa shape index (κ2) is 5.10. The Bertz CT molecular complexity index is 488. The van der Waals surface area contributed by atoms with Crippen LogP contribution in [0, 0.1) is 0 Å². The Kier molecular flexibility index (Phi) is 3.54. The van der Waals surface area contributed by atoms with Crippen LogP contribution in [0.5, 0.6) is 0 Å². The molecule has 0 bridgehead atoms. The summed E-state index contributed by atoms with van der Waals surface area (Å²) in [7, 11) is 0. The zero-order chi connectivity index (χ0) is 12.3. The maximum Gasteiger partial charge on any atom is 0.163 e. The van der Waals surface area contributed by atoms with E-state index in [1.54, 1.807) is 6.33 Å². The Morgan fingerprint density at radius 1 is 1.35 bits per heavy atom. The van der Waals surface area contributed by atoms with Crippen LogP contribution in [0.4, 0.5) is 0 Å². The van der Waals surface area contributed by atoms with Crippen LogP contribution in [0.1, 0.15) is 25.5 Å². The standard InChI is InChI=1S/C13H18N4/c1-10(2)17-9-15-16-13(17)12-5-3-4-11(8-12)6-7-14/h3-5,8-10H,6-7,14H2,1-2H3. The molecule has 4 heteroatoms. The Morgan fingerprint density at radius 3 is 2.88 bits per heavy atom. The van der Waals surface area contributed by atoms with E-state index in [2.05, 4.69) is 46.8 Å². The van der Waals surface area contributed by atoms with Crippen molar-refractivity contribution in [1.29, 1.82) is 0 Å². The lowest BCUT2D eigenvalue weighted by Crippen LogP contribution is -2.04. The Hall–Kier alpha value is -1.68. The molecule has 0 amide bonds. The molecular formula is C13H18N4. The molecular weight excluding hydrogens is 212 g/mol. The smallest absolute Gasteiger partial charge is 0.163 e. The van der Waals surface area contributed by atoms with Crippen molar-refractivity contribution in [1.82, 2.24) is 14.8 Å². The van der Waals surface area contributed by atoms with Gasteiger partial charge in [-0.2, -0.15) is 0 Å². The molecule has 1 aromatic heterocycles. The summed E-state index contributed by atoms with van der Waals surface area (Å²) < 4.78 is 2.07. The van der Waals surface area contributed by atoms with Gasteiger partial charge < -0.3 is 10.3 Å². The average Bonchev–Trinajstić information content (AvgIpc) is 2.79. The molecule has 2 rings (SSSR count). The molecule has 1 heterocycles. The maximum absolute atomic E-state index is 5.57. The van der Waals surface area contributed by atoms with E-state index < -0.39 is 0 Å². The number of nitrogens with zero attached hydrogens (tertiary/aromatic N) is 3. The van der Waals surface area contributed by atoms with Gasteiger partial charge in [-0.25, -0.2) is 0 Å².